The average molecular weight is 228 g/mol. The Bertz CT molecular complexity index is 209. The van der Waals surface area contributed by atoms with Crippen molar-refractivity contribution in [3.8, 4) is 0 Å². The van der Waals surface area contributed by atoms with E-state index in [-0.39, 0.29) is 6.04 Å². The monoisotopic (exact) mass is 228 g/mol. The van der Waals surface area contributed by atoms with Crippen molar-refractivity contribution in [2.45, 2.75) is 38.1 Å². The minimum Gasteiger partial charge on any atom is -0.341 e. The number of hydrogen-bond donors (Lipinski definition) is 1. The van der Waals surface area contributed by atoms with Crippen LogP contribution >= 0.6 is 11.8 Å². The molecule has 1 atom stereocenters. The molecule has 4 heteroatoms. The van der Waals surface area contributed by atoms with E-state index in [0.29, 0.717) is 5.91 Å². The zero-order valence-corrected chi connectivity index (χ0v) is 10.0. The minimum atomic E-state index is 0.0921. The first-order chi connectivity index (χ1) is 7.38. The highest BCUT2D eigenvalue weighted by Crippen LogP contribution is 2.15. The molecule has 3 nitrogen and oxygen atoms in total. The summed E-state index contributed by atoms with van der Waals surface area (Å²) in [6, 6.07) is 0.0921. The van der Waals surface area contributed by atoms with Crippen molar-refractivity contribution in [3.63, 3.8) is 0 Å². The number of hydrogen-bond acceptors (Lipinski definition) is 3. The standard InChI is InChI=1S/C11H20N2OS/c14-11(10-8-15-9-12-10)13-6-4-2-1-3-5-7-13/h10,12H,1-9H2. The lowest BCUT2D eigenvalue weighted by molar-refractivity contribution is -0.133. The average Bonchev–Trinajstić information content (AvgIpc) is 2.68. The summed E-state index contributed by atoms with van der Waals surface area (Å²) in [6.45, 7) is 1.95. The first-order valence-corrected chi connectivity index (χ1v) is 7.13. The Kier molecular flexibility index (Phi) is 4.32. The number of thioether (sulfide) groups is 1. The number of carbonyl (C=O) groups excluding carboxylic acids is 1. The quantitative estimate of drug-likeness (QED) is 0.737. The fourth-order valence-corrected chi connectivity index (χ4v) is 3.18. The first-order valence-electron chi connectivity index (χ1n) is 5.98. The van der Waals surface area contributed by atoms with Gasteiger partial charge in [0.25, 0.3) is 0 Å². The van der Waals surface area contributed by atoms with E-state index in [1.54, 1.807) is 0 Å². The molecular formula is C11H20N2OS. The molecule has 1 amide bonds. The van der Waals surface area contributed by atoms with Gasteiger partial charge in [-0.3, -0.25) is 10.1 Å². The van der Waals surface area contributed by atoms with Crippen molar-refractivity contribution < 1.29 is 4.79 Å². The molecule has 2 rings (SSSR count). The summed E-state index contributed by atoms with van der Waals surface area (Å²) >= 11 is 1.83. The normalized spacial score (nSPS) is 28.5. The van der Waals surface area contributed by atoms with Crippen LogP contribution in [0.2, 0.25) is 0 Å². The van der Waals surface area contributed by atoms with E-state index in [0.717, 1.165) is 24.7 Å². The summed E-state index contributed by atoms with van der Waals surface area (Å²) in [4.78, 5) is 14.2. The van der Waals surface area contributed by atoms with Crippen LogP contribution in [0.4, 0.5) is 0 Å². The van der Waals surface area contributed by atoms with Gasteiger partial charge in [0, 0.05) is 24.7 Å². The van der Waals surface area contributed by atoms with Crippen LogP contribution in [-0.4, -0.2) is 41.6 Å². The largest absolute Gasteiger partial charge is 0.341 e. The number of likely N-dealkylation sites (tertiary alicyclic amines) is 1. The highest BCUT2D eigenvalue weighted by molar-refractivity contribution is 7.99. The molecule has 0 aliphatic carbocycles. The second-order valence-corrected chi connectivity index (χ2v) is 5.40. The smallest absolute Gasteiger partial charge is 0.240 e. The number of carbonyl (C=O) groups is 1. The van der Waals surface area contributed by atoms with Crippen LogP contribution in [0.25, 0.3) is 0 Å². The van der Waals surface area contributed by atoms with Crippen molar-refractivity contribution >= 4 is 17.7 Å². The molecule has 1 unspecified atom stereocenters. The van der Waals surface area contributed by atoms with E-state index in [2.05, 4.69) is 10.2 Å². The van der Waals surface area contributed by atoms with Crippen LogP contribution in [0.3, 0.4) is 0 Å². The van der Waals surface area contributed by atoms with Crippen LogP contribution in [0, 0.1) is 0 Å². The van der Waals surface area contributed by atoms with Gasteiger partial charge in [-0.1, -0.05) is 19.3 Å². The SMILES string of the molecule is O=C(C1CSCN1)N1CCCCCCC1. The predicted molar refractivity (Wildman–Crippen MR) is 63.9 cm³/mol. The zero-order valence-electron chi connectivity index (χ0n) is 9.21. The number of amides is 1. The molecule has 2 heterocycles. The van der Waals surface area contributed by atoms with Gasteiger partial charge in [-0.25, -0.2) is 0 Å². The molecule has 2 aliphatic rings. The van der Waals surface area contributed by atoms with Crippen LogP contribution in [0.15, 0.2) is 0 Å². The van der Waals surface area contributed by atoms with Crippen molar-refractivity contribution in [1.82, 2.24) is 10.2 Å². The van der Waals surface area contributed by atoms with Crippen LogP contribution in [0.1, 0.15) is 32.1 Å². The van der Waals surface area contributed by atoms with Crippen LogP contribution < -0.4 is 5.32 Å². The molecule has 0 bridgehead atoms. The number of nitrogens with one attached hydrogen (secondary N) is 1. The molecule has 1 N–H and O–H groups in total. The summed E-state index contributed by atoms with van der Waals surface area (Å²) in [5, 5.41) is 3.26. The summed E-state index contributed by atoms with van der Waals surface area (Å²) in [5.74, 6) is 2.22. The summed E-state index contributed by atoms with van der Waals surface area (Å²) < 4.78 is 0. The van der Waals surface area contributed by atoms with Crippen LogP contribution in [-0.2, 0) is 4.79 Å². The molecular weight excluding hydrogens is 208 g/mol. The summed E-state index contributed by atoms with van der Waals surface area (Å²) in [5.41, 5.74) is 0. The molecule has 2 aliphatic heterocycles. The first kappa shape index (κ1) is 11.3. The van der Waals surface area contributed by atoms with E-state index < -0.39 is 0 Å². The van der Waals surface area contributed by atoms with Crippen molar-refractivity contribution in [2.75, 3.05) is 24.7 Å². The van der Waals surface area contributed by atoms with Gasteiger partial charge >= 0.3 is 0 Å². The Labute approximate surface area is 96.0 Å². The number of nitrogens with zero attached hydrogens (tertiary/aromatic N) is 1. The maximum absolute atomic E-state index is 12.1. The minimum absolute atomic E-state index is 0.0921. The topological polar surface area (TPSA) is 32.3 Å². The third kappa shape index (κ3) is 3.11. The third-order valence-electron chi connectivity index (χ3n) is 3.18. The van der Waals surface area contributed by atoms with Crippen molar-refractivity contribution in [3.05, 3.63) is 0 Å². The molecule has 2 saturated heterocycles. The second-order valence-electron chi connectivity index (χ2n) is 4.36. The van der Waals surface area contributed by atoms with Gasteiger partial charge in [-0.2, -0.15) is 0 Å². The summed E-state index contributed by atoms with van der Waals surface area (Å²) in [7, 11) is 0. The van der Waals surface area contributed by atoms with E-state index in [1.165, 1.54) is 32.1 Å². The van der Waals surface area contributed by atoms with E-state index in [1.807, 2.05) is 11.8 Å². The third-order valence-corrected chi connectivity index (χ3v) is 4.12. The van der Waals surface area contributed by atoms with E-state index >= 15 is 0 Å². The van der Waals surface area contributed by atoms with Gasteiger partial charge in [-0.05, 0) is 12.8 Å². The van der Waals surface area contributed by atoms with Crippen molar-refractivity contribution in [1.29, 1.82) is 0 Å². The highest BCUT2D eigenvalue weighted by atomic mass is 32.2. The Morgan fingerprint density at radius 1 is 1.13 bits per heavy atom. The van der Waals surface area contributed by atoms with E-state index in [9.17, 15) is 4.79 Å². The maximum Gasteiger partial charge on any atom is 0.240 e. The number of rotatable bonds is 1. The van der Waals surface area contributed by atoms with E-state index in [4.69, 9.17) is 0 Å². The van der Waals surface area contributed by atoms with Crippen LogP contribution in [0.5, 0.6) is 0 Å². The molecule has 86 valence electrons. The van der Waals surface area contributed by atoms with Gasteiger partial charge in [0.15, 0.2) is 0 Å². The maximum atomic E-state index is 12.1. The molecule has 0 saturated carbocycles. The molecule has 0 radical (unpaired) electrons. The lowest BCUT2D eigenvalue weighted by atomic mass is 10.1. The molecule has 0 aromatic rings. The Morgan fingerprint density at radius 2 is 1.80 bits per heavy atom. The van der Waals surface area contributed by atoms with Gasteiger partial charge in [-0.15, -0.1) is 11.8 Å². The summed E-state index contributed by atoms with van der Waals surface area (Å²) in [6.07, 6.45) is 6.30. The Hall–Kier alpha value is -0.220. The lowest BCUT2D eigenvalue weighted by Crippen LogP contribution is -2.46. The van der Waals surface area contributed by atoms with Gasteiger partial charge in [0.1, 0.15) is 0 Å². The molecule has 0 aromatic heterocycles. The molecule has 0 spiro atoms. The van der Waals surface area contributed by atoms with Gasteiger partial charge < -0.3 is 4.90 Å². The van der Waals surface area contributed by atoms with Crippen molar-refractivity contribution in [2.24, 2.45) is 0 Å². The highest BCUT2D eigenvalue weighted by Gasteiger charge is 2.26. The fraction of sp³-hybridized carbons (Fsp3) is 0.909. The molecule has 15 heavy (non-hydrogen) atoms. The lowest BCUT2D eigenvalue weighted by Gasteiger charge is -2.27. The van der Waals surface area contributed by atoms with Gasteiger partial charge in [0.2, 0.25) is 5.91 Å². The molecule has 2 fully saturated rings. The second kappa shape index (κ2) is 5.75. The molecule has 0 aromatic carbocycles. The Balaban J connectivity index is 1.85. The fourth-order valence-electron chi connectivity index (χ4n) is 2.24. The predicted octanol–water partition coefficient (Wildman–Crippen LogP) is 1.44. The zero-order chi connectivity index (χ0) is 10.5. The Morgan fingerprint density at radius 3 is 2.40 bits per heavy atom. The van der Waals surface area contributed by atoms with Gasteiger partial charge in [0.05, 0.1) is 6.04 Å².